The fourth-order valence-electron chi connectivity index (χ4n) is 4.89. The number of amides is 1. The number of carbonyl (C=O) groups is 1. The second kappa shape index (κ2) is 8.91. The minimum atomic E-state index is -4.49. The second-order valence-electron chi connectivity index (χ2n) is 9.99. The monoisotopic (exact) mass is 483 g/mol. The van der Waals surface area contributed by atoms with Gasteiger partial charge in [0.25, 0.3) is 0 Å². The number of rotatable bonds is 4. The Labute approximate surface area is 196 Å². The highest BCUT2D eigenvalue weighted by Gasteiger charge is 2.38. The van der Waals surface area contributed by atoms with Crippen LogP contribution in [0, 0.1) is 0 Å². The normalized spacial score (nSPS) is 24.5. The number of aromatic nitrogens is 2. The number of hydrogen-bond acceptors (Lipinski definition) is 5. The highest BCUT2D eigenvalue weighted by Crippen LogP contribution is 2.34. The first-order valence-corrected chi connectivity index (χ1v) is 11.7. The van der Waals surface area contributed by atoms with E-state index in [1.54, 1.807) is 0 Å². The lowest BCUT2D eigenvalue weighted by atomic mass is 9.89. The smallest absolute Gasteiger partial charge is 0.358 e. The lowest BCUT2D eigenvalue weighted by molar-refractivity contribution is -0.137. The minimum Gasteiger partial charge on any atom is -0.358 e. The van der Waals surface area contributed by atoms with E-state index in [2.05, 4.69) is 41.4 Å². The van der Waals surface area contributed by atoms with Gasteiger partial charge in [-0.15, -0.1) is 0 Å². The third-order valence-electron chi connectivity index (χ3n) is 6.32. The Morgan fingerprint density at radius 2 is 1.76 bits per heavy atom. The van der Waals surface area contributed by atoms with Crippen LogP contribution in [0.5, 0.6) is 0 Å². The van der Waals surface area contributed by atoms with E-state index in [1.165, 1.54) is 6.07 Å². The molecule has 6 nitrogen and oxygen atoms in total. The van der Waals surface area contributed by atoms with Gasteiger partial charge in [-0.1, -0.05) is 0 Å². The van der Waals surface area contributed by atoms with Crippen molar-refractivity contribution < 1.29 is 18.0 Å². The molecular formula is C23H29ClF3N5O. The molecule has 180 valence electrons. The van der Waals surface area contributed by atoms with Crippen LogP contribution in [-0.4, -0.2) is 51.0 Å². The summed E-state index contributed by atoms with van der Waals surface area (Å²) in [6.45, 7) is 7.07. The van der Waals surface area contributed by atoms with Crippen molar-refractivity contribution >= 4 is 34.2 Å². The van der Waals surface area contributed by atoms with Crippen LogP contribution in [0.15, 0.2) is 18.2 Å². The zero-order valence-corrected chi connectivity index (χ0v) is 19.7. The van der Waals surface area contributed by atoms with Crippen LogP contribution >= 0.6 is 11.6 Å². The van der Waals surface area contributed by atoms with Gasteiger partial charge in [-0.05, 0) is 82.7 Å². The summed E-state index contributed by atoms with van der Waals surface area (Å²) < 4.78 is 39.7. The lowest BCUT2D eigenvalue weighted by Crippen LogP contribution is -2.49. The molecule has 33 heavy (non-hydrogen) atoms. The van der Waals surface area contributed by atoms with Gasteiger partial charge >= 0.3 is 6.18 Å². The van der Waals surface area contributed by atoms with E-state index >= 15 is 0 Å². The molecule has 1 unspecified atom stereocenters. The molecule has 1 saturated heterocycles. The topological polar surface area (TPSA) is 70.2 Å². The molecule has 2 aromatic rings. The van der Waals surface area contributed by atoms with Crippen molar-refractivity contribution in [2.45, 2.75) is 82.7 Å². The number of halogens is 4. The number of nitrogens with zero attached hydrogens (tertiary/aromatic N) is 3. The van der Waals surface area contributed by atoms with Crippen molar-refractivity contribution in [1.29, 1.82) is 0 Å². The van der Waals surface area contributed by atoms with Gasteiger partial charge in [-0.25, -0.2) is 9.97 Å². The molecule has 1 aliphatic heterocycles. The molecular weight excluding hydrogens is 455 g/mol. The number of fused-ring (bicyclic) bond motifs is 1. The van der Waals surface area contributed by atoms with Gasteiger partial charge in [-0.3, -0.25) is 4.79 Å². The maximum Gasteiger partial charge on any atom is 0.416 e. The van der Waals surface area contributed by atoms with Gasteiger partial charge in [0.15, 0.2) is 0 Å². The molecule has 1 amide bonds. The second-order valence-corrected chi connectivity index (χ2v) is 10.3. The minimum absolute atomic E-state index is 0.0444. The van der Waals surface area contributed by atoms with Gasteiger partial charge in [0.1, 0.15) is 11.9 Å². The molecule has 1 atom stereocenters. The summed E-state index contributed by atoms with van der Waals surface area (Å²) in [5.74, 6) is 0.103. The highest BCUT2D eigenvalue weighted by atomic mass is 35.5. The number of anilines is 1. The van der Waals surface area contributed by atoms with E-state index in [-0.39, 0.29) is 39.5 Å². The fraction of sp³-hybridized carbons (Fsp3) is 0.609. The first-order valence-electron chi connectivity index (χ1n) is 11.3. The molecule has 2 fully saturated rings. The largest absolute Gasteiger partial charge is 0.416 e. The molecule has 1 aliphatic carbocycles. The van der Waals surface area contributed by atoms with Crippen LogP contribution in [0.4, 0.5) is 19.0 Å². The van der Waals surface area contributed by atoms with Crippen molar-refractivity contribution in [2.24, 2.45) is 0 Å². The summed E-state index contributed by atoms with van der Waals surface area (Å²) in [6.07, 6.45) is -0.0496. The van der Waals surface area contributed by atoms with Crippen LogP contribution in [0.2, 0.25) is 5.28 Å². The number of benzene rings is 1. The summed E-state index contributed by atoms with van der Waals surface area (Å²) in [5, 5.41) is 6.80. The summed E-state index contributed by atoms with van der Waals surface area (Å²) in [4.78, 5) is 23.2. The number of hydrogen-bond donors (Lipinski definition) is 2. The van der Waals surface area contributed by atoms with E-state index in [0.717, 1.165) is 37.8 Å². The predicted octanol–water partition coefficient (Wildman–Crippen LogP) is 5.01. The molecule has 1 aromatic heterocycles. The van der Waals surface area contributed by atoms with E-state index in [4.69, 9.17) is 11.6 Å². The molecule has 0 spiro atoms. The number of nitrogens with one attached hydrogen (secondary N) is 2. The summed E-state index contributed by atoms with van der Waals surface area (Å²) in [6, 6.07) is 3.30. The van der Waals surface area contributed by atoms with Gasteiger partial charge in [0, 0.05) is 29.6 Å². The maximum atomic E-state index is 13.2. The van der Waals surface area contributed by atoms with Crippen molar-refractivity contribution in [3.8, 4) is 0 Å². The Morgan fingerprint density at radius 1 is 1.06 bits per heavy atom. The SMILES string of the molecule is CC(C)(C)N[C@H]1CC[C@@H](N2CCC(Nc3nc(Cl)nc4ccc(C(F)(F)F)cc34)C2=O)CC1. The van der Waals surface area contributed by atoms with Crippen LogP contribution in [0.1, 0.15) is 58.4 Å². The Balaban J connectivity index is 1.47. The third-order valence-corrected chi connectivity index (χ3v) is 6.49. The zero-order valence-electron chi connectivity index (χ0n) is 19.0. The van der Waals surface area contributed by atoms with Gasteiger partial charge < -0.3 is 15.5 Å². The van der Waals surface area contributed by atoms with Gasteiger partial charge in [0.2, 0.25) is 11.2 Å². The maximum absolute atomic E-state index is 13.2. The standard InChI is InChI=1S/C23H29ClF3N5O/c1-22(2,3)31-14-5-7-15(8-6-14)32-11-10-18(20(32)33)28-19-16-12-13(23(25,26)27)4-9-17(16)29-21(24)30-19/h4,9,12,14-15,18,31H,5-8,10-11H2,1-3H3,(H,28,29,30)/t14-,15+,18?. The Morgan fingerprint density at radius 3 is 2.39 bits per heavy atom. The average Bonchev–Trinajstić information content (AvgIpc) is 3.06. The van der Waals surface area contributed by atoms with E-state index in [0.29, 0.717) is 19.0 Å². The first-order chi connectivity index (χ1) is 15.4. The molecule has 4 rings (SSSR count). The molecule has 1 saturated carbocycles. The van der Waals surface area contributed by atoms with Crippen LogP contribution in [0.3, 0.4) is 0 Å². The Bertz CT molecular complexity index is 1030. The third kappa shape index (κ3) is 5.51. The number of alkyl halides is 3. The average molecular weight is 484 g/mol. The van der Waals surface area contributed by atoms with E-state index in [9.17, 15) is 18.0 Å². The summed E-state index contributed by atoms with van der Waals surface area (Å²) in [5.41, 5.74) is -0.453. The quantitative estimate of drug-likeness (QED) is 0.598. The van der Waals surface area contributed by atoms with Crippen molar-refractivity contribution in [3.63, 3.8) is 0 Å². The van der Waals surface area contributed by atoms with Gasteiger partial charge in [-0.2, -0.15) is 13.2 Å². The molecule has 1 aromatic carbocycles. The molecule has 2 heterocycles. The lowest BCUT2D eigenvalue weighted by Gasteiger charge is -2.37. The molecule has 2 N–H and O–H groups in total. The van der Waals surface area contributed by atoms with Crippen LogP contribution in [-0.2, 0) is 11.0 Å². The molecule has 0 bridgehead atoms. The zero-order chi connectivity index (χ0) is 24.0. The van der Waals surface area contributed by atoms with E-state index in [1.807, 2.05) is 4.90 Å². The van der Waals surface area contributed by atoms with Crippen molar-refractivity contribution in [2.75, 3.05) is 11.9 Å². The summed E-state index contributed by atoms with van der Waals surface area (Å²) in [7, 11) is 0. The highest BCUT2D eigenvalue weighted by molar-refractivity contribution is 6.28. The number of likely N-dealkylation sites (tertiary alicyclic amines) is 1. The summed E-state index contributed by atoms with van der Waals surface area (Å²) >= 11 is 6.00. The predicted molar refractivity (Wildman–Crippen MR) is 122 cm³/mol. The van der Waals surface area contributed by atoms with Crippen molar-refractivity contribution in [1.82, 2.24) is 20.2 Å². The Hall–Kier alpha value is -2.13. The molecule has 2 aliphatic rings. The van der Waals surface area contributed by atoms with E-state index < -0.39 is 17.8 Å². The number of carbonyl (C=O) groups excluding carboxylic acids is 1. The first kappa shape index (κ1) is 24.0. The molecule has 10 heteroatoms. The Kier molecular flexibility index (Phi) is 6.48. The van der Waals surface area contributed by atoms with Gasteiger partial charge in [0.05, 0.1) is 11.1 Å². The van der Waals surface area contributed by atoms with Crippen LogP contribution in [0.25, 0.3) is 10.9 Å². The fourth-order valence-corrected chi connectivity index (χ4v) is 5.07. The molecule has 0 radical (unpaired) electrons. The van der Waals surface area contributed by atoms with Crippen LogP contribution < -0.4 is 10.6 Å². The van der Waals surface area contributed by atoms with Crippen molar-refractivity contribution in [3.05, 3.63) is 29.0 Å².